The molecule has 0 aliphatic rings. The number of rotatable bonds is 4. The molecule has 0 unspecified atom stereocenters. The third-order valence-electron chi connectivity index (χ3n) is 3.73. The monoisotopic (exact) mass is 306 g/mol. The average molecular weight is 306 g/mol. The fourth-order valence-corrected chi connectivity index (χ4v) is 2.49. The second kappa shape index (κ2) is 6.48. The van der Waals surface area contributed by atoms with Crippen molar-refractivity contribution in [2.45, 2.75) is 20.3 Å². The molecule has 0 atom stereocenters. The number of fused-ring (bicyclic) bond motifs is 1. The topological polar surface area (TPSA) is 55.1 Å². The van der Waals surface area contributed by atoms with Crippen molar-refractivity contribution in [1.82, 2.24) is 4.98 Å². The van der Waals surface area contributed by atoms with Crippen molar-refractivity contribution in [1.29, 1.82) is 0 Å². The number of benzene rings is 1. The number of aryl methyl sites for hydroxylation is 2. The highest BCUT2D eigenvalue weighted by Crippen LogP contribution is 2.27. The van der Waals surface area contributed by atoms with Gasteiger partial charge in [-0.1, -0.05) is 25.1 Å². The van der Waals surface area contributed by atoms with Gasteiger partial charge in [0.15, 0.2) is 0 Å². The largest absolute Gasteiger partial charge is 0.460 e. The molecule has 0 bridgehead atoms. The van der Waals surface area contributed by atoms with Crippen LogP contribution in [0, 0.1) is 6.92 Å². The molecule has 0 saturated carbocycles. The molecule has 1 amide bonds. The van der Waals surface area contributed by atoms with Crippen LogP contribution in [-0.2, 0) is 11.2 Å². The van der Waals surface area contributed by atoms with Crippen molar-refractivity contribution >= 4 is 28.6 Å². The van der Waals surface area contributed by atoms with E-state index in [0.717, 1.165) is 40.0 Å². The molecule has 2 heterocycles. The lowest BCUT2D eigenvalue weighted by Gasteiger charge is -2.04. The Kier molecular flexibility index (Phi) is 4.24. The van der Waals surface area contributed by atoms with E-state index < -0.39 is 0 Å². The van der Waals surface area contributed by atoms with Crippen LogP contribution in [0.1, 0.15) is 23.8 Å². The summed E-state index contributed by atoms with van der Waals surface area (Å²) in [4.78, 5) is 16.2. The Morgan fingerprint density at radius 1 is 1.30 bits per heavy atom. The Morgan fingerprint density at radius 3 is 2.91 bits per heavy atom. The molecule has 1 N–H and O–H groups in total. The Labute approximate surface area is 134 Å². The van der Waals surface area contributed by atoms with E-state index in [1.165, 1.54) is 6.08 Å². The van der Waals surface area contributed by atoms with Crippen molar-refractivity contribution in [3.63, 3.8) is 0 Å². The maximum absolute atomic E-state index is 12.1. The van der Waals surface area contributed by atoms with Gasteiger partial charge in [-0.15, -0.1) is 0 Å². The average Bonchev–Trinajstić information content (AvgIpc) is 2.93. The summed E-state index contributed by atoms with van der Waals surface area (Å²) in [5, 5.41) is 3.86. The zero-order chi connectivity index (χ0) is 16.2. The van der Waals surface area contributed by atoms with Crippen molar-refractivity contribution in [3.05, 3.63) is 65.7 Å². The molecule has 0 aliphatic carbocycles. The minimum absolute atomic E-state index is 0.187. The highest BCUT2D eigenvalue weighted by atomic mass is 16.3. The fraction of sp³-hybridized carbons (Fsp3) is 0.158. The van der Waals surface area contributed by atoms with Crippen molar-refractivity contribution in [2.75, 3.05) is 5.32 Å². The van der Waals surface area contributed by atoms with E-state index in [1.807, 2.05) is 50.3 Å². The molecular weight excluding hydrogens is 288 g/mol. The van der Waals surface area contributed by atoms with Gasteiger partial charge in [0.2, 0.25) is 5.91 Å². The number of hydrogen-bond acceptors (Lipinski definition) is 3. The van der Waals surface area contributed by atoms with E-state index in [-0.39, 0.29) is 5.91 Å². The van der Waals surface area contributed by atoms with Gasteiger partial charge >= 0.3 is 0 Å². The number of hydrogen-bond donors (Lipinski definition) is 1. The van der Waals surface area contributed by atoms with Crippen LogP contribution < -0.4 is 5.32 Å². The number of amides is 1. The normalized spacial score (nSPS) is 11.2. The van der Waals surface area contributed by atoms with Crippen molar-refractivity contribution in [2.24, 2.45) is 0 Å². The zero-order valence-electron chi connectivity index (χ0n) is 13.2. The summed E-state index contributed by atoms with van der Waals surface area (Å²) in [7, 11) is 0. The Morgan fingerprint density at radius 2 is 2.13 bits per heavy atom. The predicted octanol–water partition coefficient (Wildman–Crippen LogP) is 4.35. The summed E-state index contributed by atoms with van der Waals surface area (Å²) in [6.45, 7) is 3.97. The number of nitrogens with zero attached hydrogens (tertiary/aromatic N) is 1. The second-order valence-electron chi connectivity index (χ2n) is 5.30. The summed E-state index contributed by atoms with van der Waals surface area (Å²) in [5.74, 6) is 0.696. The quantitative estimate of drug-likeness (QED) is 0.729. The van der Waals surface area contributed by atoms with E-state index in [1.54, 1.807) is 12.4 Å². The van der Waals surface area contributed by atoms with Crippen LogP contribution in [-0.4, -0.2) is 10.9 Å². The van der Waals surface area contributed by atoms with E-state index in [0.29, 0.717) is 0 Å². The van der Waals surface area contributed by atoms with Gasteiger partial charge in [0.25, 0.3) is 0 Å². The van der Waals surface area contributed by atoms with Crippen LogP contribution in [0.4, 0.5) is 5.69 Å². The number of pyridine rings is 1. The minimum Gasteiger partial charge on any atom is -0.460 e. The van der Waals surface area contributed by atoms with E-state index >= 15 is 0 Å². The molecule has 0 aliphatic heterocycles. The lowest BCUT2D eigenvalue weighted by Crippen LogP contribution is -2.09. The fourth-order valence-electron chi connectivity index (χ4n) is 2.49. The highest BCUT2D eigenvalue weighted by Gasteiger charge is 2.10. The van der Waals surface area contributed by atoms with Crippen LogP contribution in [0.5, 0.6) is 0 Å². The Bertz CT molecular complexity index is 878. The molecule has 0 fully saturated rings. The number of carbonyl (C=O) groups is 1. The van der Waals surface area contributed by atoms with Gasteiger partial charge < -0.3 is 9.73 Å². The van der Waals surface area contributed by atoms with Crippen LogP contribution in [0.3, 0.4) is 0 Å². The molecule has 116 valence electrons. The van der Waals surface area contributed by atoms with Crippen LogP contribution in [0.2, 0.25) is 0 Å². The first-order valence-electron chi connectivity index (χ1n) is 7.59. The number of aromatic nitrogens is 1. The SMILES string of the molecule is CCc1oc2ccccc2c1C=CC(=O)Nc1cnccc1C. The molecule has 3 rings (SSSR count). The molecule has 1 aromatic carbocycles. The second-order valence-corrected chi connectivity index (χ2v) is 5.30. The maximum atomic E-state index is 12.1. The van der Waals surface area contributed by atoms with Crippen LogP contribution in [0.25, 0.3) is 17.0 Å². The summed E-state index contributed by atoms with van der Waals surface area (Å²) >= 11 is 0. The molecule has 4 heteroatoms. The summed E-state index contributed by atoms with van der Waals surface area (Å²) in [6.07, 6.45) is 7.46. The van der Waals surface area contributed by atoms with E-state index in [4.69, 9.17) is 4.42 Å². The van der Waals surface area contributed by atoms with Crippen molar-refractivity contribution in [3.8, 4) is 0 Å². The van der Waals surface area contributed by atoms with Crippen LogP contribution in [0.15, 0.2) is 53.2 Å². The maximum Gasteiger partial charge on any atom is 0.248 e. The molecule has 23 heavy (non-hydrogen) atoms. The summed E-state index contributed by atoms with van der Waals surface area (Å²) in [5.41, 5.74) is 3.49. The van der Waals surface area contributed by atoms with Gasteiger partial charge in [0, 0.05) is 29.6 Å². The minimum atomic E-state index is -0.187. The van der Waals surface area contributed by atoms with E-state index in [2.05, 4.69) is 10.3 Å². The van der Waals surface area contributed by atoms with Crippen LogP contribution >= 0.6 is 0 Å². The lowest BCUT2D eigenvalue weighted by molar-refractivity contribution is -0.111. The predicted molar refractivity (Wildman–Crippen MR) is 92.2 cm³/mol. The molecule has 3 aromatic rings. The number of anilines is 1. The molecule has 0 spiro atoms. The third-order valence-corrected chi connectivity index (χ3v) is 3.73. The van der Waals surface area contributed by atoms with Gasteiger partial charge in [-0.05, 0) is 30.7 Å². The third kappa shape index (κ3) is 3.16. The Balaban J connectivity index is 1.85. The standard InChI is InChI=1S/C19H18N2O2/c1-3-17-15(14-6-4-5-7-18(14)23-17)8-9-19(22)21-16-12-20-11-10-13(16)2/h4-12H,3H2,1-2H3,(H,21,22). The molecule has 0 saturated heterocycles. The van der Waals surface area contributed by atoms with E-state index in [9.17, 15) is 4.79 Å². The number of para-hydroxylation sites is 1. The zero-order valence-corrected chi connectivity index (χ0v) is 13.2. The van der Waals surface area contributed by atoms with Gasteiger partial charge in [0.05, 0.1) is 11.9 Å². The lowest BCUT2D eigenvalue weighted by atomic mass is 10.1. The van der Waals surface area contributed by atoms with Gasteiger partial charge in [-0.25, -0.2) is 0 Å². The number of furan rings is 1. The first kappa shape index (κ1) is 15.0. The highest BCUT2D eigenvalue weighted by molar-refractivity contribution is 6.03. The van der Waals surface area contributed by atoms with Gasteiger partial charge in [-0.3, -0.25) is 9.78 Å². The first-order chi connectivity index (χ1) is 11.2. The first-order valence-corrected chi connectivity index (χ1v) is 7.59. The summed E-state index contributed by atoms with van der Waals surface area (Å²) < 4.78 is 5.83. The molecular formula is C19H18N2O2. The van der Waals surface area contributed by atoms with Crippen molar-refractivity contribution < 1.29 is 9.21 Å². The number of nitrogens with one attached hydrogen (secondary N) is 1. The summed E-state index contributed by atoms with van der Waals surface area (Å²) in [6, 6.07) is 9.70. The molecule has 2 aromatic heterocycles. The van der Waals surface area contributed by atoms with Gasteiger partial charge in [0.1, 0.15) is 11.3 Å². The van der Waals surface area contributed by atoms with Gasteiger partial charge in [-0.2, -0.15) is 0 Å². The number of carbonyl (C=O) groups excluding carboxylic acids is 1. The molecule has 4 nitrogen and oxygen atoms in total. The molecule has 0 radical (unpaired) electrons. The Hall–Kier alpha value is -2.88. The smallest absolute Gasteiger partial charge is 0.248 e.